The van der Waals surface area contributed by atoms with Gasteiger partial charge in [-0.25, -0.2) is 4.39 Å². The summed E-state index contributed by atoms with van der Waals surface area (Å²) in [5.74, 6) is 0.473. The summed E-state index contributed by atoms with van der Waals surface area (Å²) in [7, 11) is 0. The number of nitrogens with zero attached hydrogens (tertiary/aromatic N) is 1. The zero-order valence-electron chi connectivity index (χ0n) is 12.4. The quantitative estimate of drug-likeness (QED) is 0.882. The maximum atomic E-state index is 13.4. The van der Waals surface area contributed by atoms with Crippen molar-refractivity contribution >= 4 is 5.69 Å². The molecule has 1 aliphatic rings. The van der Waals surface area contributed by atoms with Gasteiger partial charge in [0.05, 0.1) is 0 Å². The van der Waals surface area contributed by atoms with E-state index >= 15 is 0 Å². The topological polar surface area (TPSA) is 29.3 Å². The second kappa shape index (κ2) is 5.12. The molecule has 0 saturated carbocycles. The van der Waals surface area contributed by atoms with Crippen LogP contribution < -0.4 is 10.6 Å². The van der Waals surface area contributed by atoms with Crippen molar-refractivity contribution in [2.75, 3.05) is 18.0 Å². The molecule has 3 heteroatoms. The monoisotopic (exact) mass is 264 g/mol. The Bertz CT molecular complexity index is 449. The van der Waals surface area contributed by atoms with E-state index in [1.54, 1.807) is 6.07 Å². The van der Waals surface area contributed by atoms with Gasteiger partial charge in [-0.3, -0.25) is 0 Å². The molecular weight excluding hydrogens is 239 g/mol. The summed E-state index contributed by atoms with van der Waals surface area (Å²) in [6, 6.07) is 4.84. The molecule has 0 amide bonds. The molecule has 2 nitrogen and oxygen atoms in total. The summed E-state index contributed by atoms with van der Waals surface area (Å²) in [5.41, 5.74) is 8.31. The van der Waals surface area contributed by atoms with Crippen molar-refractivity contribution in [2.45, 2.75) is 40.2 Å². The zero-order valence-corrected chi connectivity index (χ0v) is 12.4. The zero-order chi connectivity index (χ0) is 14.2. The average molecular weight is 264 g/mol. The lowest BCUT2D eigenvalue weighted by atomic mass is 9.80. The first-order valence-electron chi connectivity index (χ1n) is 7.09. The number of hydrogen-bond acceptors (Lipinski definition) is 2. The van der Waals surface area contributed by atoms with Crippen LogP contribution in [0.15, 0.2) is 18.2 Å². The Morgan fingerprint density at radius 3 is 2.58 bits per heavy atom. The first-order chi connectivity index (χ1) is 8.79. The van der Waals surface area contributed by atoms with Crippen molar-refractivity contribution in [1.82, 2.24) is 0 Å². The van der Waals surface area contributed by atoms with E-state index in [0.717, 1.165) is 24.3 Å². The molecule has 1 aromatic rings. The summed E-state index contributed by atoms with van der Waals surface area (Å²) in [5, 5.41) is 0. The van der Waals surface area contributed by atoms with E-state index in [4.69, 9.17) is 5.73 Å². The molecule has 1 aliphatic heterocycles. The van der Waals surface area contributed by atoms with Crippen LogP contribution in [0.5, 0.6) is 0 Å². The lowest BCUT2D eigenvalue weighted by Crippen LogP contribution is -2.27. The molecule has 1 saturated heterocycles. The van der Waals surface area contributed by atoms with Gasteiger partial charge in [-0.05, 0) is 48.4 Å². The second-order valence-corrected chi connectivity index (χ2v) is 6.79. The number of anilines is 1. The Morgan fingerprint density at radius 2 is 2.05 bits per heavy atom. The van der Waals surface area contributed by atoms with Crippen LogP contribution in [-0.4, -0.2) is 13.1 Å². The predicted molar refractivity (Wildman–Crippen MR) is 78.8 cm³/mol. The standard InChI is InChI=1S/C16H25FN2/c1-11(18)14-9-13(17)5-6-15(14)19-8-7-12(10-19)16(2,3)4/h5-6,9,11-12H,7-8,10,18H2,1-4H3/t11-,12?/m0/s1. The number of hydrogen-bond donors (Lipinski definition) is 1. The minimum Gasteiger partial charge on any atom is -0.371 e. The lowest BCUT2D eigenvalue weighted by Gasteiger charge is -2.28. The average Bonchev–Trinajstić information content (AvgIpc) is 2.77. The maximum absolute atomic E-state index is 13.4. The van der Waals surface area contributed by atoms with Crippen LogP contribution in [0.1, 0.15) is 45.7 Å². The fraction of sp³-hybridized carbons (Fsp3) is 0.625. The molecule has 0 radical (unpaired) electrons. The van der Waals surface area contributed by atoms with E-state index in [0.29, 0.717) is 11.3 Å². The van der Waals surface area contributed by atoms with Crippen LogP contribution in [-0.2, 0) is 0 Å². The van der Waals surface area contributed by atoms with Gasteiger partial charge < -0.3 is 10.6 Å². The fourth-order valence-electron chi connectivity index (χ4n) is 2.86. The van der Waals surface area contributed by atoms with E-state index in [9.17, 15) is 4.39 Å². The largest absolute Gasteiger partial charge is 0.371 e. The van der Waals surface area contributed by atoms with Gasteiger partial charge in [0.1, 0.15) is 5.82 Å². The number of rotatable bonds is 2. The molecule has 1 unspecified atom stereocenters. The molecule has 0 bridgehead atoms. The third-order valence-electron chi connectivity index (χ3n) is 4.23. The van der Waals surface area contributed by atoms with Crippen molar-refractivity contribution in [3.8, 4) is 0 Å². The molecule has 0 aromatic heterocycles. The lowest BCUT2D eigenvalue weighted by molar-refractivity contribution is 0.263. The van der Waals surface area contributed by atoms with Crippen LogP contribution in [0.4, 0.5) is 10.1 Å². The van der Waals surface area contributed by atoms with Gasteiger partial charge in [0.2, 0.25) is 0 Å². The molecule has 2 rings (SSSR count). The smallest absolute Gasteiger partial charge is 0.123 e. The first kappa shape index (κ1) is 14.3. The molecule has 1 aromatic carbocycles. The Labute approximate surface area is 115 Å². The third-order valence-corrected chi connectivity index (χ3v) is 4.23. The van der Waals surface area contributed by atoms with Crippen molar-refractivity contribution < 1.29 is 4.39 Å². The molecule has 2 N–H and O–H groups in total. The second-order valence-electron chi connectivity index (χ2n) is 6.79. The van der Waals surface area contributed by atoms with E-state index in [-0.39, 0.29) is 11.9 Å². The van der Waals surface area contributed by atoms with Crippen LogP contribution in [0.2, 0.25) is 0 Å². The van der Waals surface area contributed by atoms with Crippen molar-refractivity contribution in [1.29, 1.82) is 0 Å². The molecule has 1 fully saturated rings. The molecule has 2 atom stereocenters. The Balaban J connectivity index is 2.24. The van der Waals surface area contributed by atoms with Crippen molar-refractivity contribution in [3.63, 3.8) is 0 Å². The molecule has 0 spiro atoms. The highest BCUT2D eigenvalue weighted by atomic mass is 19.1. The van der Waals surface area contributed by atoms with Crippen LogP contribution in [0, 0.1) is 17.2 Å². The van der Waals surface area contributed by atoms with Gasteiger partial charge in [-0.15, -0.1) is 0 Å². The normalized spacial score (nSPS) is 21.8. The van der Waals surface area contributed by atoms with Gasteiger partial charge in [-0.2, -0.15) is 0 Å². The minimum atomic E-state index is -0.206. The highest BCUT2D eigenvalue weighted by Crippen LogP contribution is 2.37. The molecule has 1 heterocycles. The Kier molecular flexibility index (Phi) is 3.86. The number of nitrogens with two attached hydrogens (primary N) is 1. The van der Waals surface area contributed by atoms with Crippen molar-refractivity contribution in [3.05, 3.63) is 29.6 Å². The fourth-order valence-corrected chi connectivity index (χ4v) is 2.86. The van der Waals surface area contributed by atoms with Crippen LogP contribution in [0.25, 0.3) is 0 Å². The molecule has 19 heavy (non-hydrogen) atoms. The van der Waals surface area contributed by atoms with E-state index in [2.05, 4.69) is 25.7 Å². The minimum absolute atomic E-state index is 0.139. The summed E-state index contributed by atoms with van der Waals surface area (Å²) in [4.78, 5) is 2.36. The van der Waals surface area contributed by atoms with Gasteiger partial charge in [0, 0.05) is 24.8 Å². The van der Waals surface area contributed by atoms with E-state index in [1.165, 1.54) is 12.5 Å². The summed E-state index contributed by atoms with van der Waals surface area (Å²) < 4.78 is 13.4. The van der Waals surface area contributed by atoms with Gasteiger partial charge in [-0.1, -0.05) is 20.8 Å². The highest BCUT2D eigenvalue weighted by molar-refractivity contribution is 5.55. The third kappa shape index (κ3) is 3.08. The van der Waals surface area contributed by atoms with Gasteiger partial charge >= 0.3 is 0 Å². The molecular formula is C16H25FN2. The van der Waals surface area contributed by atoms with E-state index < -0.39 is 0 Å². The van der Waals surface area contributed by atoms with Gasteiger partial charge in [0.25, 0.3) is 0 Å². The van der Waals surface area contributed by atoms with Crippen molar-refractivity contribution in [2.24, 2.45) is 17.1 Å². The Hall–Kier alpha value is -1.09. The SMILES string of the molecule is C[C@H](N)c1cc(F)ccc1N1CCC(C(C)(C)C)C1. The summed E-state index contributed by atoms with van der Waals surface area (Å²) in [6.45, 7) is 10.9. The highest BCUT2D eigenvalue weighted by Gasteiger charge is 2.32. The number of halogens is 1. The predicted octanol–water partition coefficient (Wildman–Crippen LogP) is 3.72. The van der Waals surface area contributed by atoms with E-state index in [1.807, 2.05) is 13.0 Å². The molecule has 106 valence electrons. The Morgan fingerprint density at radius 1 is 1.37 bits per heavy atom. The number of benzene rings is 1. The summed E-state index contributed by atoms with van der Waals surface area (Å²) >= 11 is 0. The summed E-state index contributed by atoms with van der Waals surface area (Å²) in [6.07, 6.45) is 1.19. The maximum Gasteiger partial charge on any atom is 0.123 e. The van der Waals surface area contributed by atoms with Crippen LogP contribution in [0.3, 0.4) is 0 Å². The van der Waals surface area contributed by atoms with Crippen LogP contribution >= 0.6 is 0 Å². The first-order valence-corrected chi connectivity index (χ1v) is 7.09. The van der Waals surface area contributed by atoms with Gasteiger partial charge in [0.15, 0.2) is 0 Å². The molecule has 0 aliphatic carbocycles.